The third-order valence-corrected chi connectivity index (χ3v) is 18.0. The van der Waals surface area contributed by atoms with Crippen LogP contribution in [0.1, 0.15) is 0 Å². The summed E-state index contributed by atoms with van der Waals surface area (Å²) in [6, 6.07) is 0. The highest BCUT2D eigenvalue weighted by Gasteiger charge is 2.44. The van der Waals surface area contributed by atoms with Crippen molar-refractivity contribution >= 4 is 43.3 Å². The van der Waals surface area contributed by atoms with Crippen LogP contribution in [0.25, 0.3) is 0 Å². The van der Waals surface area contributed by atoms with Crippen LogP contribution in [0.15, 0.2) is 0 Å². The van der Waals surface area contributed by atoms with Crippen molar-refractivity contribution in [3.63, 3.8) is 0 Å². The van der Waals surface area contributed by atoms with Crippen molar-refractivity contribution in [3.05, 3.63) is 0 Å². The zero-order chi connectivity index (χ0) is 16.4. The number of rotatable bonds is 8. The molecule has 0 unspecified atom stereocenters. The van der Waals surface area contributed by atoms with Crippen LogP contribution in [0, 0.1) is 0 Å². The molecule has 10 heteroatoms. The maximum absolute atomic E-state index is 9.94. The van der Waals surface area contributed by atoms with E-state index in [9.17, 15) is 4.80 Å². The van der Waals surface area contributed by atoms with Gasteiger partial charge in [-0.1, -0.05) is 0 Å². The minimum atomic E-state index is -2.59. The van der Waals surface area contributed by atoms with Gasteiger partial charge in [0.2, 0.25) is 0 Å². The van der Waals surface area contributed by atoms with Crippen LogP contribution in [-0.2, 0) is 16.5 Å². The molecular formula is C10H32O5Si5. The van der Waals surface area contributed by atoms with Gasteiger partial charge in [0.25, 0.3) is 0 Å². The summed E-state index contributed by atoms with van der Waals surface area (Å²) in [4.78, 5) is 9.94. The second kappa shape index (κ2) is 6.98. The smallest absolute Gasteiger partial charge is 0.320 e. The Labute approximate surface area is 130 Å². The molecule has 0 amide bonds. The summed E-state index contributed by atoms with van der Waals surface area (Å²) in [5.41, 5.74) is 0. The summed E-state index contributed by atoms with van der Waals surface area (Å²) < 4.78 is 24.3. The van der Waals surface area contributed by atoms with Crippen molar-refractivity contribution < 1.29 is 21.3 Å². The highest BCUT2D eigenvalue weighted by atomic mass is 28.5. The Bertz CT molecular complexity index is 314. The van der Waals surface area contributed by atoms with Gasteiger partial charge in [0.05, 0.1) is 0 Å². The Hall–Kier alpha value is 0.884. The molecule has 0 atom stereocenters. The number of hydrogen-bond donors (Lipinski definition) is 1. The molecule has 0 heterocycles. The lowest BCUT2D eigenvalue weighted by Crippen LogP contribution is -2.57. The van der Waals surface area contributed by atoms with Crippen LogP contribution in [-0.4, -0.2) is 48.1 Å². The van der Waals surface area contributed by atoms with E-state index in [1.807, 2.05) is 26.2 Å². The maximum Gasteiger partial charge on any atom is 0.320 e. The largest absolute Gasteiger partial charge is 0.440 e. The average Bonchev–Trinajstić information content (AvgIpc) is 1.86. The van der Waals surface area contributed by atoms with Gasteiger partial charge in [-0.25, -0.2) is 0 Å². The molecule has 0 rings (SSSR count). The topological polar surface area (TPSA) is 57.2 Å². The standard InChI is InChI=1S/C10H32O5Si5/c1-16(2)12-18(5,6)14-20(9,10)15-19(7,8)13-17(3,4)11/h11,16H,1-10H3. The van der Waals surface area contributed by atoms with E-state index < -0.39 is 43.3 Å². The van der Waals surface area contributed by atoms with Crippen LogP contribution in [0.2, 0.25) is 65.5 Å². The zero-order valence-electron chi connectivity index (χ0n) is 14.7. The molecule has 0 aromatic carbocycles. The van der Waals surface area contributed by atoms with E-state index in [-0.39, 0.29) is 0 Å². The van der Waals surface area contributed by atoms with Gasteiger partial charge in [0.15, 0.2) is 9.04 Å². The van der Waals surface area contributed by atoms with Crippen molar-refractivity contribution in [1.82, 2.24) is 0 Å². The molecule has 0 saturated carbocycles. The summed E-state index contributed by atoms with van der Waals surface area (Å²) in [5.74, 6) is 0. The average molecular weight is 373 g/mol. The van der Waals surface area contributed by atoms with Gasteiger partial charge >= 0.3 is 34.2 Å². The Morgan fingerprint density at radius 1 is 0.650 bits per heavy atom. The van der Waals surface area contributed by atoms with Gasteiger partial charge in [-0.15, -0.1) is 0 Å². The summed E-state index contributed by atoms with van der Waals surface area (Å²) in [6.07, 6.45) is 0. The van der Waals surface area contributed by atoms with E-state index in [1.54, 1.807) is 13.1 Å². The molecule has 0 radical (unpaired) electrons. The van der Waals surface area contributed by atoms with Gasteiger partial charge in [0.1, 0.15) is 0 Å². The van der Waals surface area contributed by atoms with Crippen molar-refractivity contribution in [1.29, 1.82) is 0 Å². The quantitative estimate of drug-likeness (QED) is 0.664. The van der Waals surface area contributed by atoms with Gasteiger partial charge in [-0.2, -0.15) is 0 Å². The minimum Gasteiger partial charge on any atom is -0.440 e. The third kappa shape index (κ3) is 10.6. The molecule has 5 nitrogen and oxygen atoms in total. The van der Waals surface area contributed by atoms with E-state index in [0.717, 1.165) is 0 Å². The molecular weight excluding hydrogens is 341 g/mol. The molecule has 0 aliphatic heterocycles. The second-order valence-corrected chi connectivity index (χ2v) is 23.9. The lowest BCUT2D eigenvalue weighted by atomic mass is 11.9. The van der Waals surface area contributed by atoms with Gasteiger partial charge in [-0.3, -0.25) is 0 Å². The fourth-order valence-electron chi connectivity index (χ4n) is 2.42. The first-order valence-corrected chi connectivity index (χ1v) is 21.1. The molecule has 1 N–H and O–H groups in total. The van der Waals surface area contributed by atoms with Crippen molar-refractivity contribution in [3.8, 4) is 0 Å². The van der Waals surface area contributed by atoms with E-state index in [2.05, 4.69) is 26.2 Å². The van der Waals surface area contributed by atoms with Crippen LogP contribution < -0.4 is 0 Å². The molecule has 0 fully saturated rings. The first-order chi connectivity index (χ1) is 8.54. The predicted octanol–water partition coefficient (Wildman–Crippen LogP) is 2.84. The molecule has 0 saturated heterocycles. The predicted molar refractivity (Wildman–Crippen MR) is 95.4 cm³/mol. The molecule has 0 aliphatic rings. The normalized spacial score (nSPS) is 15.0. The SMILES string of the molecule is C[SiH](C)O[Si](C)(C)O[Si](C)(C)O[Si](C)(C)O[Si](C)(C)O. The van der Waals surface area contributed by atoms with Crippen LogP contribution in [0.3, 0.4) is 0 Å². The Kier molecular flexibility index (Phi) is 7.28. The van der Waals surface area contributed by atoms with Crippen molar-refractivity contribution in [2.24, 2.45) is 0 Å². The lowest BCUT2D eigenvalue weighted by molar-refractivity contribution is 0.281. The molecule has 0 aromatic heterocycles. The molecule has 122 valence electrons. The first-order valence-electron chi connectivity index (χ1n) is 7.04. The third-order valence-electron chi connectivity index (χ3n) is 2.00. The Morgan fingerprint density at radius 2 is 1.00 bits per heavy atom. The van der Waals surface area contributed by atoms with E-state index in [1.165, 1.54) is 0 Å². The molecule has 0 spiro atoms. The second-order valence-electron chi connectivity index (χ2n) is 7.12. The zero-order valence-corrected chi connectivity index (χ0v) is 19.8. The van der Waals surface area contributed by atoms with E-state index >= 15 is 0 Å². The van der Waals surface area contributed by atoms with Crippen molar-refractivity contribution in [2.75, 3.05) is 0 Å². The molecule has 20 heavy (non-hydrogen) atoms. The van der Waals surface area contributed by atoms with Crippen LogP contribution in [0.5, 0.6) is 0 Å². The molecule has 0 bridgehead atoms. The van der Waals surface area contributed by atoms with Crippen molar-refractivity contribution in [2.45, 2.75) is 65.5 Å². The molecule has 0 aromatic rings. The summed E-state index contributed by atoms with van der Waals surface area (Å²) in [5, 5.41) is 0. The Morgan fingerprint density at radius 3 is 1.35 bits per heavy atom. The maximum atomic E-state index is 9.94. The first kappa shape index (κ1) is 20.9. The molecule has 0 aliphatic carbocycles. The highest BCUT2D eigenvalue weighted by Crippen LogP contribution is 2.23. The van der Waals surface area contributed by atoms with Crippen LogP contribution >= 0.6 is 0 Å². The van der Waals surface area contributed by atoms with Gasteiger partial charge in [0, 0.05) is 0 Å². The summed E-state index contributed by atoms with van der Waals surface area (Å²) >= 11 is 0. The minimum absolute atomic E-state index is 1.12. The monoisotopic (exact) mass is 372 g/mol. The fourth-order valence-corrected chi connectivity index (χ4v) is 23.0. The highest BCUT2D eigenvalue weighted by molar-refractivity contribution is 6.88. The lowest BCUT2D eigenvalue weighted by Gasteiger charge is -2.39. The van der Waals surface area contributed by atoms with Gasteiger partial charge in [-0.05, 0) is 65.5 Å². The van der Waals surface area contributed by atoms with E-state index in [0.29, 0.717) is 0 Å². The van der Waals surface area contributed by atoms with E-state index in [4.69, 9.17) is 16.5 Å². The summed E-state index contributed by atoms with van der Waals surface area (Å²) in [7, 11) is -10.6. The Balaban J connectivity index is 4.73. The van der Waals surface area contributed by atoms with Crippen LogP contribution in [0.4, 0.5) is 0 Å². The fraction of sp³-hybridized carbons (Fsp3) is 1.00. The number of hydrogen-bond acceptors (Lipinski definition) is 5. The van der Waals surface area contributed by atoms with Gasteiger partial charge < -0.3 is 21.3 Å². The summed E-state index contributed by atoms with van der Waals surface area (Å²) in [6.45, 7) is 19.9.